The molecule has 12 heteroatoms. The molecule has 0 spiro atoms. The predicted octanol–water partition coefficient (Wildman–Crippen LogP) is 7.82. The third-order valence-corrected chi connectivity index (χ3v) is 9.34. The molecule has 2 fully saturated rings. The van der Waals surface area contributed by atoms with Crippen LogP contribution in [0, 0.1) is 12.8 Å². The van der Waals surface area contributed by atoms with Crippen molar-refractivity contribution in [2.75, 3.05) is 6.54 Å². The molecule has 10 nitrogen and oxygen atoms in total. The lowest BCUT2D eigenvalue weighted by Crippen LogP contribution is -2.35. The van der Waals surface area contributed by atoms with Gasteiger partial charge < -0.3 is 15.0 Å². The number of nitrogens with one attached hydrogen (secondary N) is 1. The standard InChI is InChI=1S/C25H28FN5O2S.C14H19NO2/c1-17(2)10-20(29-16-32)7-5-9-23-24(33)31(15-22-14-27-18(3)13-28-22)25(34-23)30-21-8-4-6-19(11-21)12-26;1-2-13-9-6-10-15(13)14(16)17-11-12-7-4-3-5-8-12/h4-8,10-11,13-14,16-17,23H,9,12,15H2,1-3H3,(H,29,32);3-5,7-8,13H,2,6,9-11H2,1H3/b7-5-,20-10+,30-25?;/t;13-/m.1/s1. The fourth-order valence-corrected chi connectivity index (χ4v) is 6.70. The van der Waals surface area contributed by atoms with Gasteiger partial charge in [0.1, 0.15) is 13.3 Å². The molecule has 270 valence electrons. The van der Waals surface area contributed by atoms with Gasteiger partial charge in [-0.05, 0) is 67.9 Å². The second-order valence-electron chi connectivity index (χ2n) is 12.6. The van der Waals surface area contributed by atoms with E-state index in [2.05, 4.69) is 27.2 Å². The van der Waals surface area contributed by atoms with Crippen molar-refractivity contribution in [3.05, 3.63) is 113 Å². The Labute approximate surface area is 304 Å². The smallest absolute Gasteiger partial charge is 0.410 e. The molecular weight excluding hydrogens is 668 g/mol. The van der Waals surface area contributed by atoms with Crippen LogP contribution in [0.15, 0.2) is 95.9 Å². The number of likely N-dealkylation sites (tertiary alicyclic amines) is 1. The number of aromatic nitrogens is 2. The summed E-state index contributed by atoms with van der Waals surface area (Å²) in [6.45, 7) is 8.87. The van der Waals surface area contributed by atoms with Gasteiger partial charge in [-0.25, -0.2) is 14.2 Å². The normalized spacial score (nSPS) is 18.4. The summed E-state index contributed by atoms with van der Waals surface area (Å²) in [6.07, 6.45) is 13.1. The SMILES string of the molecule is CC[C@@H]1CCCN1C(=O)OCc1ccccc1.Cc1cnc(CN2C(=O)C(C/C=C\C(=C/C(C)C)NC=O)SC2=Nc2cccc(CF)c2)cn1. The highest BCUT2D eigenvalue weighted by atomic mass is 32.2. The first-order valence-electron chi connectivity index (χ1n) is 17.3. The maximum Gasteiger partial charge on any atom is 0.410 e. The first kappa shape index (κ1) is 39.0. The number of amidine groups is 1. The summed E-state index contributed by atoms with van der Waals surface area (Å²) in [4.78, 5) is 52.8. The molecule has 2 aromatic carbocycles. The highest BCUT2D eigenvalue weighted by Crippen LogP contribution is 2.33. The minimum Gasteiger partial charge on any atom is -0.445 e. The van der Waals surface area contributed by atoms with Crippen LogP contribution in [0.2, 0.25) is 0 Å². The topological polar surface area (TPSA) is 117 Å². The van der Waals surface area contributed by atoms with Gasteiger partial charge in [0.2, 0.25) is 12.3 Å². The van der Waals surface area contributed by atoms with Crippen LogP contribution in [-0.4, -0.2) is 61.2 Å². The van der Waals surface area contributed by atoms with E-state index in [1.54, 1.807) is 47.6 Å². The molecule has 1 aromatic heterocycles. The van der Waals surface area contributed by atoms with E-state index in [0.717, 1.165) is 37.1 Å². The van der Waals surface area contributed by atoms with Crippen LogP contribution in [0.1, 0.15) is 69.0 Å². The molecule has 2 aliphatic rings. The van der Waals surface area contributed by atoms with Crippen LogP contribution in [-0.2, 0) is 34.2 Å². The lowest BCUT2D eigenvalue weighted by molar-refractivity contribution is -0.126. The fraction of sp³-hybridized carbons (Fsp3) is 0.385. The lowest BCUT2D eigenvalue weighted by Gasteiger charge is -2.22. The van der Waals surface area contributed by atoms with Crippen molar-refractivity contribution < 1.29 is 23.5 Å². The second kappa shape index (κ2) is 20.1. The Morgan fingerprint density at radius 2 is 1.92 bits per heavy atom. The number of rotatable bonds is 13. The summed E-state index contributed by atoms with van der Waals surface area (Å²) in [5.74, 6) is 0.176. The van der Waals surface area contributed by atoms with Crippen LogP contribution in [0.3, 0.4) is 0 Å². The van der Waals surface area contributed by atoms with Gasteiger partial charge in [-0.2, -0.15) is 0 Å². The molecule has 3 aromatic rings. The number of ether oxygens (including phenoxy) is 1. The average molecular weight is 715 g/mol. The van der Waals surface area contributed by atoms with Crippen LogP contribution >= 0.6 is 11.8 Å². The van der Waals surface area contributed by atoms with Crippen LogP contribution in [0.4, 0.5) is 14.9 Å². The second-order valence-corrected chi connectivity index (χ2v) is 13.8. The van der Waals surface area contributed by atoms with E-state index in [1.807, 2.05) is 68.2 Å². The molecular formula is C39H47FN6O4S. The number of hydrogen-bond donors (Lipinski definition) is 1. The fourth-order valence-electron chi connectivity index (χ4n) is 5.57. The third-order valence-electron chi connectivity index (χ3n) is 8.14. The molecule has 3 amide bonds. The molecule has 1 unspecified atom stereocenters. The molecule has 1 N–H and O–H groups in total. The number of benzene rings is 2. The molecule has 2 atom stereocenters. The first-order chi connectivity index (χ1) is 24.7. The molecule has 5 rings (SSSR count). The minimum absolute atomic E-state index is 0.0878. The third kappa shape index (κ3) is 12.2. The molecule has 0 saturated carbocycles. The first-order valence-corrected chi connectivity index (χ1v) is 18.1. The number of allylic oxidation sites excluding steroid dienone is 3. The van der Waals surface area contributed by atoms with Gasteiger partial charge in [0, 0.05) is 24.5 Å². The van der Waals surface area contributed by atoms with Crippen molar-refractivity contribution in [2.45, 2.75) is 84.5 Å². The summed E-state index contributed by atoms with van der Waals surface area (Å²) in [5, 5.41) is 2.82. The van der Waals surface area contributed by atoms with E-state index >= 15 is 0 Å². The monoisotopic (exact) mass is 714 g/mol. The molecule has 2 saturated heterocycles. The molecule has 2 aliphatic heterocycles. The molecule has 0 bridgehead atoms. The Morgan fingerprint density at radius 1 is 1.14 bits per heavy atom. The minimum atomic E-state index is -0.581. The van der Waals surface area contributed by atoms with Crippen LogP contribution in [0.25, 0.3) is 0 Å². The van der Waals surface area contributed by atoms with Crippen molar-refractivity contribution in [3.8, 4) is 0 Å². The quantitative estimate of drug-likeness (QED) is 0.142. The highest BCUT2D eigenvalue weighted by Gasteiger charge is 2.37. The summed E-state index contributed by atoms with van der Waals surface area (Å²) in [7, 11) is 0. The Balaban J connectivity index is 0.000000286. The number of carbonyl (C=O) groups excluding carboxylic acids is 3. The summed E-state index contributed by atoms with van der Waals surface area (Å²) in [6, 6.07) is 17.1. The Bertz CT molecular complexity index is 1680. The Hall–Kier alpha value is -4.84. The molecule has 0 radical (unpaired) electrons. The zero-order chi connectivity index (χ0) is 36.6. The molecule has 3 heterocycles. The maximum absolute atomic E-state index is 13.3. The van der Waals surface area contributed by atoms with Crippen molar-refractivity contribution in [2.24, 2.45) is 10.9 Å². The average Bonchev–Trinajstić information content (AvgIpc) is 3.73. The van der Waals surface area contributed by atoms with E-state index < -0.39 is 6.67 Å². The largest absolute Gasteiger partial charge is 0.445 e. The number of nitrogens with zero attached hydrogens (tertiary/aromatic N) is 5. The van der Waals surface area contributed by atoms with E-state index in [4.69, 9.17) is 4.74 Å². The van der Waals surface area contributed by atoms with E-state index in [-0.39, 0.29) is 29.7 Å². The molecule has 0 aliphatic carbocycles. The highest BCUT2D eigenvalue weighted by molar-refractivity contribution is 8.15. The van der Waals surface area contributed by atoms with Crippen molar-refractivity contribution in [1.29, 1.82) is 0 Å². The Kier molecular flexibility index (Phi) is 15.4. The summed E-state index contributed by atoms with van der Waals surface area (Å²) < 4.78 is 18.4. The number of amides is 3. The predicted molar refractivity (Wildman–Crippen MR) is 200 cm³/mol. The van der Waals surface area contributed by atoms with Crippen molar-refractivity contribution in [3.63, 3.8) is 0 Å². The van der Waals surface area contributed by atoms with Crippen LogP contribution in [0.5, 0.6) is 0 Å². The van der Waals surface area contributed by atoms with Gasteiger partial charge in [0.05, 0.1) is 35.1 Å². The number of carbonyl (C=O) groups is 3. The number of thioether (sulfide) groups is 1. The maximum atomic E-state index is 13.3. The van der Waals surface area contributed by atoms with Crippen molar-refractivity contribution >= 4 is 41.0 Å². The summed E-state index contributed by atoms with van der Waals surface area (Å²) >= 11 is 1.36. The van der Waals surface area contributed by atoms with Gasteiger partial charge in [0.25, 0.3) is 0 Å². The van der Waals surface area contributed by atoms with Gasteiger partial charge in [-0.1, -0.05) is 87.1 Å². The van der Waals surface area contributed by atoms with Gasteiger partial charge in [-0.15, -0.1) is 0 Å². The zero-order valence-electron chi connectivity index (χ0n) is 29.7. The number of aliphatic imine (C=N–C) groups is 1. The van der Waals surface area contributed by atoms with Gasteiger partial charge >= 0.3 is 6.09 Å². The molecule has 51 heavy (non-hydrogen) atoms. The lowest BCUT2D eigenvalue weighted by atomic mass is 10.1. The van der Waals surface area contributed by atoms with E-state index in [0.29, 0.717) is 53.3 Å². The van der Waals surface area contributed by atoms with Gasteiger partial charge in [-0.3, -0.25) is 24.5 Å². The van der Waals surface area contributed by atoms with Crippen molar-refractivity contribution in [1.82, 2.24) is 25.1 Å². The van der Waals surface area contributed by atoms with E-state index in [9.17, 15) is 18.8 Å². The zero-order valence-corrected chi connectivity index (χ0v) is 30.5. The van der Waals surface area contributed by atoms with Crippen LogP contribution < -0.4 is 5.32 Å². The number of hydrogen-bond acceptors (Lipinski definition) is 8. The Morgan fingerprint density at radius 3 is 2.61 bits per heavy atom. The number of halogens is 1. The van der Waals surface area contributed by atoms with E-state index in [1.165, 1.54) is 11.8 Å². The number of aryl methyl sites for hydroxylation is 1. The summed E-state index contributed by atoms with van der Waals surface area (Å²) in [5.41, 5.74) is 4.27. The number of alkyl halides is 1. The van der Waals surface area contributed by atoms with Gasteiger partial charge in [0.15, 0.2) is 5.17 Å².